The number of nitrogens with zero attached hydrogens (tertiary/aromatic N) is 1. The fourth-order valence-electron chi connectivity index (χ4n) is 3.09. The molecule has 1 aliphatic carbocycles. The number of amides is 1. The van der Waals surface area contributed by atoms with Crippen LogP contribution in [0.1, 0.15) is 39.7 Å². The average Bonchev–Trinajstić information content (AvgIpc) is 3.35. The summed E-state index contributed by atoms with van der Waals surface area (Å²) in [5.41, 5.74) is 3.10. The molecule has 0 aromatic heterocycles. The first kappa shape index (κ1) is 18.2. The van der Waals surface area contributed by atoms with Crippen molar-refractivity contribution in [1.82, 2.24) is 10.2 Å². The van der Waals surface area contributed by atoms with Crippen LogP contribution >= 0.6 is 23.2 Å². The van der Waals surface area contributed by atoms with Gasteiger partial charge in [-0.25, -0.2) is 0 Å². The van der Waals surface area contributed by atoms with Gasteiger partial charge in [-0.05, 0) is 67.7 Å². The summed E-state index contributed by atoms with van der Waals surface area (Å²) in [6.07, 6.45) is 1.08. The Balaban J connectivity index is 1.61. The highest BCUT2D eigenvalue weighted by molar-refractivity contribution is 6.35. The minimum Gasteiger partial charge on any atom is -0.351 e. The third-order valence-electron chi connectivity index (χ3n) is 4.60. The van der Waals surface area contributed by atoms with Crippen LogP contribution in [0.25, 0.3) is 0 Å². The fourth-order valence-corrected chi connectivity index (χ4v) is 3.63. The van der Waals surface area contributed by atoms with E-state index in [0.29, 0.717) is 29.0 Å². The molecule has 0 heterocycles. The Bertz CT molecular complexity index is 759. The van der Waals surface area contributed by atoms with Gasteiger partial charge in [-0.1, -0.05) is 41.4 Å². The molecule has 1 amide bonds. The lowest BCUT2D eigenvalue weighted by atomic mass is 10.0. The van der Waals surface area contributed by atoms with Crippen LogP contribution in [0, 0.1) is 0 Å². The highest BCUT2D eigenvalue weighted by Crippen LogP contribution is 2.56. The Kier molecular flexibility index (Phi) is 5.67. The van der Waals surface area contributed by atoms with Crippen molar-refractivity contribution < 1.29 is 4.79 Å². The zero-order valence-corrected chi connectivity index (χ0v) is 15.9. The molecule has 1 N–H and O–H groups in total. The fraction of sp³-hybridized carbons (Fsp3) is 0.350. The van der Waals surface area contributed by atoms with Crippen molar-refractivity contribution in [2.24, 2.45) is 0 Å². The van der Waals surface area contributed by atoms with Gasteiger partial charge < -0.3 is 10.2 Å². The molecule has 0 radical (unpaired) electrons. The van der Waals surface area contributed by atoms with Crippen molar-refractivity contribution in [2.75, 3.05) is 27.2 Å². The van der Waals surface area contributed by atoms with E-state index < -0.39 is 0 Å². The van der Waals surface area contributed by atoms with Crippen LogP contribution in [-0.4, -0.2) is 38.0 Å². The van der Waals surface area contributed by atoms with E-state index in [-0.39, 0.29) is 5.91 Å². The zero-order valence-electron chi connectivity index (χ0n) is 14.4. The number of benzene rings is 2. The van der Waals surface area contributed by atoms with Gasteiger partial charge in [-0.3, -0.25) is 4.79 Å². The van der Waals surface area contributed by atoms with Gasteiger partial charge in [0.05, 0.1) is 0 Å². The van der Waals surface area contributed by atoms with Gasteiger partial charge in [0.25, 0.3) is 5.91 Å². The molecular formula is C20H22Cl2N2O. The number of halogens is 2. The molecule has 25 heavy (non-hydrogen) atoms. The standard InChI is InChI=1S/C20H22Cl2N2O/c1-24(2)10-9-23-20(25)14-5-3-13(4-6-14)17-12-18(17)16-8-7-15(21)11-19(16)22/h3-8,11,17-18H,9-10,12H2,1-2H3,(H,23,25)/t17-,18-/m0/s1. The largest absolute Gasteiger partial charge is 0.351 e. The van der Waals surface area contributed by atoms with Crippen LogP contribution in [0.4, 0.5) is 0 Å². The molecule has 1 aliphatic rings. The maximum atomic E-state index is 12.1. The Labute approximate surface area is 158 Å². The number of carbonyl (C=O) groups excluding carboxylic acids is 1. The van der Waals surface area contributed by atoms with Gasteiger partial charge in [0.2, 0.25) is 0 Å². The van der Waals surface area contributed by atoms with E-state index in [0.717, 1.165) is 23.6 Å². The molecule has 132 valence electrons. The number of hydrogen-bond donors (Lipinski definition) is 1. The summed E-state index contributed by atoms with van der Waals surface area (Å²) in [5.74, 6) is 0.871. The molecule has 0 saturated heterocycles. The Morgan fingerprint density at radius 1 is 1.12 bits per heavy atom. The highest BCUT2D eigenvalue weighted by Gasteiger charge is 2.40. The Hall–Kier alpha value is -1.55. The van der Waals surface area contributed by atoms with Gasteiger partial charge in [-0.15, -0.1) is 0 Å². The van der Waals surface area contributed by atoms with Crippen LogP contribution in [0.2, 0.25) is 10.0 Å². The first-order valence-electron chi connectivity index (χ1n) is 8.43. The molecule has 2 aromatic rings. The summed E-state index contributed by atoms with van der Waals surface area (Å²) in [6.45, 7) is 1.47. The van der Waals surface area contributed by atoms with E-state index in [1.54, 1.807) is 6.07 Å². The van der Waals surface area contributed by atoms with Crippen LogP contribution < -0.4 is 5.32 Å². The molecule has 0 bridgehead atoms. The second kappa shape index (κ2) is 7.77. The molecular weight excluding hydrogens is 355 g/mol. The number of likely N-dealkylation sites (N-methyl/N-ethyl adjacent to an activating group) is 1. The van der Waals surface area contributed by atoms with Crippen molar-refractivity contribution in [3.05, 3.63) is 69.2 Å². The van der Waals surface area contributed by atoms with E-state index in [4.69, 9.17) is 23.2 Å². The predicted octanol–water partition coefficient (Wildman–Crippen LogP) is 4.56. The van der Waals surface area contributed by atoms with Gasteiger partial charge >= 0.3 is 0 Å². The third kappa shape index (κ3) is 4.55. The lowest BCUT2D eigenvalue weighted by molar-refractivity contribution is 0.0951. The van der Waals surface area contributed by atoms with Crippen molar-refractivity contribution in [1.29, 1.82) is 0 Å². The highest BCUT2D eigenvalue weighted by atomic mass is 35.5. The number of hydrogen-bond acceptors (Lipinski definition) is 2. The summed E-state index contributed by atoms with van der Waals surface area (Å²) in [4.78, 5) is 14.2. The molecule has 3 rings (SSSR count). The lowest BCUT2D eigenvalue weighted by Gasteiger charge is -2.10. The summed E-state index contributed by atoms with van der Waals surface area (Å²) >= 11 is 12.3. The van der Waals surface area contributed by atoms with Crippen molar-refractivity contribution in [3.8, 4) is 0 Å². The lowest BCUT2D eigenvalue weighted by Crippen LogP contribution is -2.31. The molecule has 5 heteroatoms. The van der Waals surface area contributed by atoms with Crippen LogP contribution in [0.15, 0.2) is 42.5 Å². The number of rotatable bonds is 6. The molecule has 2 aromatic carbocycles. The average molecular weight is 377 g/mol. The summed E-state index contributed by atoms with van der Waals surface area (Å²) < 4.78 is 0. The monoisotopic (exact) mass is 376 g/mol. The third-order valence-corrected chi connectivity index (χ3v) is 5.16. The van der Waals surface area contributed by atoms with Gasteiger partial charge in [-0.2, -0.15) is 0 Å². The second-order valence-corrected chi connectivity index (χ2v) is 7.64. The molecule has 1 saturated carbocycles. The molecule has 2 atom stereocenters. The van der Waals surface area contributed by atoms with Crippen molar-refractivity contribution in [3.63, 3.8) is 0 Å². The second-order valence-electron chi connectivity index (χ2n) is 6.80. The molecule has 3 nitrogen and oxygen atoms in total. The quantitative estimate of drug-likeness (QED) is 0.801. The summed E-state index contributed by atoms with van der Waals surface area (Å²) in [6, 6.07) is 13.6. The van der Waals surface area contributed by atoms with Gasteiger partial charge in [0.15, 0.2) is 0 Å². The van der Waals surface area contributed by atoms with Crippen LogP contribution in [0.5, 0.6) is 0 Å². The van der Waals surface area contributed by atoms with Gasteiger partial charge in [0.1, 0.15) is 0 Å². The molecule has 0 spiro atoms. The molecule has 1 fully saturated rings. The molecule has 0 unspecified atom stereocenters. The smallest absolute Gasteiger partial charge is 0.251 e. The number of carbonyl (C=O) groups is 1. The van der Waals surface area contributed by atoms with Crippen molar-refractivity contribution in [2.45, 2.75) is 18.3 Å². The molecule has 0 aliphatic heterocycles. The van der Waals surface area contributed by atoms with E-state index in [1.807, 2.05) is 43.3 Å². The number of nitrogens with one attached hydrogen (secondary N) is 1. The van der Waals surface area contributed by atoms with E-state index in [9.17, 15) is 4.79 Å². The Morgan fingerprint density at radius 2 is 1.84 bits per heavy atom. The SMILES string of the molecule is CN(C)CCNC(=O)c1ccc([C@@H]2C[C@H]2c2ccc(Cl)cc2Cl)cc1. The maximum absolute atomic E-state index is 12.1. The predicted molar refractivity (Wildman–Crippen MR) is 104 cm³/mol. The Morgan fingerprint density at radius 3 is 2.48 bits per heavy atom. The maximum Gasteiger partial charge on any atom is 0.251 e. The summed E-state index contributed by atoms with van der Waals surface area (Å²) in [5, 5.41) is 4.33. The minimum atomic E-state index is -0.0264. The van der Waals surface area contributed by atoms with E-state index in [1.165, 1.54) is 5.56 Å². The zero-order chi connectivity index (χ0) is 18.0. The first-order chi connectivity index (χ1) is 12.0. The van der Waals surface area contributed by atoms with Crippen LogP contribution in [0.3, 0.4) is 0 Å². The normalized spacial score (nSPS) is 19.1. The van der Waals surface area contributed by atoms with Crippen LogP contribution in [-0.2, 0) is 0 Å². The van der Waals surface area contributed by atoms with Gasteiger partial charge in [0, 0.05) is 28.7 Å². The summed E-state index contributed by atoms with van der Waals surface area (Å²) in [7, 11) is 3.97. The van der Waals surface area contributed by atoms with Crippen molar-refractivity contribution >= 4 is 29.1 Å². The van der Waals surface area contributed by atoms with E-state index >= 15 is 0 Å². The minimum absolute atomic E-state index is 0.0264. The topological polar surface area (TPSA) is 32.3 Å². The first-order valence-corrected chi connectivity index (χ1v) is 9.19. The van der Waals surface area contributed by atoms with E-state index in [2.05, 4.69) is 17.4 Å².